The first-order valence-electron chi connectivity index (χ1n) is 7.06. The van der Waals surface area contributed by atoms with Crippen molar-refractivity contribution in [1.82, 2.24) is 10.2 Å². The minimum atomic E-state index is -1.18. The number of hydrogen-bond acceptors (Lipinski definition) is 4. The number of hydrogen-bond donors (Lipinski definition) is 2. The lowest BCUT2D eigenvalue weighted by molar-refractivity contribution is -0.154. The summed E-state index contributed by atoms with van der Waals surface area (Å²) in [5.41, 5.74) is -1.82. The van der Waals surface area contributed by atoms with Crippen molar-refractivity contribution in [2.75, 3.05) is 13.1 Å². The fourth-order valence-corrected chi connectivity index (χ4v) is 2.59. The summed E-state index contributed by atoms with van der Waals surface area (Å²) in [4.78, 5) is 25.6. The van der Waals surface area contributed by atoms with Gasteiger partial charge in [0, 0.05) is 6.04 Å². The maximum atomic E-state index is 12.4. The van der Waals surface area contributed by atoms with Gasteiger partial charge in [-0.25, -0.2) is 9.59 Å². The zero-order valence-corrected chi connectivity index (χ0v) is 13.0. The predicted molar refractivity (Wildman–Crippen MR) is 75.7 cm³/mol. The molecule has 0 aromatic rings. The molecule has 0 unspecified atom stereocenters. The summed E-state index contributed by atoms with van der Waals surface area (Å²) < 4.78 is 5.39. The van der Waals surface area contributed by atoms with E-state index in [2.05, 4.69) is 5.32 Å². The third-order valence-electron chi connectivity index (χ3n) is 3.40. The molecular formula is C14H26N2O4. The van der Waals surface area contributed by atoms with E-state index in [4.69, 9.17) is 4.74 Å². The molecule has 6 heteroatoms. The molecule has 0 bridgehead atoms. The van der Waals surface area contributed by atoms with Gasteiger partial charge in [-0.2, -0.15) is 0 Å². The molecule has 0 radical (unpaired) electrons. The number of aliphatic carboxylic acids is 1. The topological polar surface area (TPSA) is 78.9 Å². The quantitative estimate of drug-likeness (QED) is 0.827. The van der Waals surface area contributed by atoms with Crippen molar-refractivity contribution in [2.45, 2.75) is 64.6 Å². The number of carbonyl (C=O) groups excluding carboxylic acids is 1. The highest BCUT2D eigenvalue weighted by Gasteiger charge is 2.49. The van der Waals surface area contributed by atoms with E-state index in [9.17, 15) is 14.7 Å². The van der Waals surface area contributed by atoms with E-state index >= 15 is 0 Å². The third kappa shape index (κ3) is 3.62. The Morgan fingerprint density at radius 1 is 1.25 bits per heavy atom. The number of piperidine rings is 1. The van der Waals surface area contributed by atoms with Gasteiger partial charge in [0.05, 0.1) is 0 Å². The van der Waals surface area contributed by atoms with Crippen molar-refractivity contribution >= 4 is 12.1 Å². The smallest absolute Gasteiger partial charge is 0.411 e. The van der Waals surface area contributed by atoms with Gasteiger partial charge in [0.1, 0.15) is 11.1 Å². The van der Waals surface area contributed by atoms with Gasteiger partial charge in [-0.3, -0.25) is 4.90 Å². The minimum absolute atomic E-state index is 0.237. The van der Waals surface area contributed by atoms with Gasteiger partial charge in [-0.15, -0.1) is 0 Å². The van der Waals surface area contributed by atoms with Crippen LogP contribution in [0.2, 0.25) is 0 Å². The van der Waals surface area contributed by atoms with E-state index in [0.29, 0.717) is 25.9 Å². The Hall–Kier alpha value is -1.30. The number of carboxylic acids is 1. The Bertz CT molecular complexity index is 368. The Kier molecular flexibility index (Phi) is 5.02. The Balaban J connectivity index is 3.09. The second kappa shape index (κ2) is 5.99. The van der Waals surface area contributed by atoms with Crippen LogP contribution in [0.1, 0.15) is 47.5 Å². The highest BCUT2D eigenvalue weighted by molar-refractivity contribution is 5.85. The SMILES string of the molecule is CC(C)N(C(=O)OC(C)(C)C)C1(C(=O)O)CCNCC1. The van der Waals surface area contributed by atoms with Gasteiger partial charge in [-0.05, 0) is 60.5 Å². The number of amides is 1. The van der Waals surface area contributed by atoms with Gasteiger partial charge in [0.15, 0.2) is 0 Å². The zero-order valence-electron chi connectivity index (χ0n) is 13.0. The van der Waals surface area contributed by atoms with Crippen molar-refractivity contribution in [3.05, 3.63) is 0 Å². The summed E-state index contributed by atoms with van der Waals surface area (Å²) in [5.74, 6) is -0.960. The molecule has 1 fully saturated rings. The third-order valence-corrected chi connectivity index (χ3v) is 3.40. The standard InChI is InChI=1S/C14H26N2O4/c1-10(2)16(12(19)20-13(3,4)5)14(11(17)18)6-8-15-9-7-14/h10,15H,6-9H2,1-5H3,(H,17,18). The van der Waals surface area contributed by atoms with Crippen LogP contribution in [0.25, 0.3) is 0 Å². The van der Waals surface area contributed by atoms with Gasteiger partial charge in [0.2, 0.25) is 0 Å². The number of nitrogens with one attached hydrogen (secondary N) is 1. The molecule has 1 saturated heterocycles. The second-order valence-corrected chi connectivity index (χ2v) is 6.53. The molecule has 2 N–H and O–H groups in total. The highest BCUT2D eigenvalue weighted by Crippen LogP contribution is 2.30. The van der Waals surface area contributed by atoms with E-state index in [1.807, 2.05) is 13.8 Å². The predicted octanol–water partition coefficient (Wildman–Crippen LogP) is 1.84. The van der Waals surface area contributed by atoms with E-state index in [1.165, 1.54) is 4.90 Å². The average Bonchev–Trinajstić information content (AvgIpc) is 2.26. The molecule has 0 atom stereocenters. The van der Waals surface area contributed by atoms with Crippen molar-refractivity contribution in [1.29, 1.82) is 0 Å². The van der Waals surface area contributed by atoms with E-state index in [1.54, 1.807) is 20.8 Å². The molecule has 1 amide bonds. The van der Waals surface area contributed by atoms with Crippen LogP contribution in [-0.4, -0.2) is 52.3 Å². The van der Waals surface area contributed by atoms with Gasteiger partial charge >= 0.3 is 12.1 Å². The zero-order chi connectivity index (χ0) is 15.6. The van der Waals surface area contributed by atoms with Crippen LogP contribution < -0.4 is 5.32 Å². The van der Waals surface area contributed by atoms with Crippen LogP contribution in [0.3, 0.4) is 0 Å². The summed E-state index contributed by atoms with van der Waals surface area (Å²) in [7, 11) is 0. The lowest BCUT2D eigenvalue weighted by Crippen LogP contribution is -2.64. The van der Waals surface area contributed by atoms with E-state index < -0.39 is 23.2 Å². The number of carboxylic acid groups (broad SMARTS) is 1. The first-order chi connectivity index (χ1) is 9.10. The molecule has 0 aliphatic carbocycles. The lowest BCUT2D eigenvalue weighted by atomic mass is 9.85. The Morgan fingerprint density at radius 3 is 2.10 bits per heavy atom. The van der Waals surface area contributed by atoms with Crippen LogP contribution in [0, 0.1) is 0 Å². The molecular weight excluding hydrogens is 260 g/mol. The van der Waals surface area contributed by atoms with Crippen LogP contribution >= 0.6 is 0 Å². The van der Waals surface area contributed by atoms with Crippen LogP contribution in [0.5, 0.6) is 0 Å². The minimum Gasteiger partial charge on any atom is -0.479 e. The summed E-state index contributed by atoms with van der Waals surface area (Å²) in [6.45, 7) is 10.1. The lowest BCUT2D eigenvalue weighted by Gasteiger charge is -2.45. The number of nitrogens with zero attached hydrogens (tertiary/aromatic N) is 1. The highest BCUT2D eigenvalue weighted by atomic mass is 16.6. The van der Waals surface area contributed by atoms with E-state index in [-0.39, 0.29) is 6.04 Å². The molecule has 1 rings (SSSR count). The van der Waals surface area contributed by atoms with Crippen LogP contribution in [-0.2, 0) is 9.53 Å². The molecule has 1 aliphatic heterocycles. The molecule has 1 heterocycles. The summed E-state index contributed by atoms with van der Waals surface area (Å²) in [6, 6.07) is -0.237. The van der Waals surface area contributed by atoms with Crippen molar-refractivity contribution in [3.63, 3.8) is 0 Å². The maximum Gasteiger partial charge on any atom is 0.411 e. The largest absolute Gasteiger partial charge is 0.479 e. The first-order valence-corrected chi connectivity index (χ1v) is 7.06. The van der Waals surface area contributed by atoms with Gasteiger partial charge in [-0.1, -0.05) is 0 Å². The van der Waals surface area contributed by atoms with Crippen molar-refractivity contribution in [2.24, 2.45) is 0 Å². The molecule has 0 aromatic heterocycles. The number of carbonyl (C=O) groups is 2. The Labute approximate surface area is 120 Å². The van der Waals surface area contributed by atoms with Crippen molar-refractivity contribution < 1.29 is 19.4 Å². The summed E-state index contributed by atoms with van der Waals surface area (Å²) >= 11 is 0. The maximum absolute atomic E-state index is 12.4. The molecule has 116 valence electrons. The monoisotopic (exact) mass is 286 g/mol. The molecule has 6 nitrogen and oxygen atoms in total. The molecule has 0 aromatic carbocycles. The van der Waals surface area contributed by atoms with Crippen LogP contribution in [0.15, 0.2) is 0 Å². The van der Waals surface area contributed by atoms with Gasteiger partial charge in [0.25, 0.3) is 0 Å². The van der Waals surface area contributed by atoms with E-state index in [0.717, 1.165) is 0 Å². The summed E-state index contributed by atoms with van der Waals surface area (Å²) in [6.07, 6.45) is 0.219. The average molecular weight is 286 g/mol. The van der Waals surface area contributed by atoms with Crippen molar-refractivity contribution in [3.8, 4) is 0 Å². The summed E-state index contributed by atoms with van der Waals surface area (Å²) in [5, 5.41) is 12.8. The molecule has 1 aliphatic rings. The number of rotatable bonds is 3. The molecule has 0 saturated carbocycles. The Morgan fingerprint density at radius 2 is 1.75 bits per heavy atom. The van der Waals surface area contributed by atoms with Crippen LogP contribution in [0.4, 0.5) is 4.79 Å². The molecule has 0 spiro atoms. The first kappa shape index (κ1) is 16.8. The molecule has 20 heavy (non-hydrogen) atoms. The van der Waals surface area contributed by atoms with Gasteiger partial charge < -0.3 is 15.2 Å². The fraction of sp³-hybridized carbons (Fsp3) is 0.857. The fourth-order valence-electron chi connectivity index (χ4n) is 2.59. The normalized spacial score (nSPS) is 18.7. The number of ether oxygens (including phenoxy) is 1. The second-order valence-electron chi connectivity index (χ2n) is 6.53.